The SMILES string of the molecule is CP(C)(=O)CCN.Cl. The van der Waals surface area contributed by atoms with Crippen LogP contribution in [-0.2, 0) is 4.57 Å². The van der Waals surface area contributed by atoms with E-state index in [4.69, 9.17) is 5.73 Å². The van der Waals surface area contributed by atoms with E-state index in [1.165, 1.54) is 0 Å². The van der Waals surface area contributed by atoms with Crippen LogP contribution in [0, 0.1) is 0 Å². The van der Waals surface area contributed by atoms with Gasteiger partial charge in [-0.2, -0.15) is 0 Å². The van der Waals surface area contributed by atoms with Gasteiger partial charge in [-0.25, -0.2) is 0 Å². The molecule has 8 heavy (non-hydrogen) atoms. The van der Waals surface area contributed by atoms with Gasteiger partial charge < -0.3 is 10.3 Å². The van der Waals surface area contributed by atoms with Crippen molar-refractivity contribution in [3.63, 3.8) is 0 Å². The van der Waals surface area contributed by atoms with E-state index in [0.29, 0.717) is 12.7 Å². The van der Waals surface area contributed by atoms with Crippen molar-refractivity contribution in [1.82, 2.24) is 0 Å². The smallest absolute Gasteiger partial charge is 0.0831 e. The lowest BCUT2D eigenvalue weighted by Crippen LogP contribution is -2.03. The van der Waals surface area contributed by atoms with Gasteiger partial charge in [-0.05, 0) is 19.9 Å². The molecule has 0 amide bonds. The number of hydrogen-bond donors (Lipinski definition) is 1. The maximum absolute atomic E-state index is 10.7. The molecule has 0 spiro atoms. The highest BCUT2D eigenvalue weighted by molar-refractivity contribution is 7.62. The molecule has 0 heterocycles. The zero-order chi connectivity index (χ0) is 5.91. The van der Waals surface area contributed by atoms with E-state index in [1.807, 2.05) is 0 Å². The normalized spacial score (nSPS) is 10.4. The van der Waals surface area contributed by atoms with Crippen molar-refractivity contribution in [3.05, 3.63) is 0 Å². The second-order valence-electron chi connectivity index (χ2n) is 2.09. The van der Waals surface area contributed by atoms with Crippen LogP contribution in [0.1, 0.15) is 0 Å². The van der Waals surface area contributed by atoms with Crippen molar-refractivity contribution in [2.24, 2.45) is 5.73 Å². The van der Waals surface area contributed by atoms with Crippen molar-refractivity contribution in [2.75, 3.05) is 26.0 Å². The van der Waals surface area contributed by atoms with Gasteiger partial charge in [-0.1, -0.05) is 0 Å². The highest BCUT2D eigenvalue weighted by Crippen LogP contribution is 2.33. The third kappa shape index (κ3) is 9.70. The highest BCUT2D eigenvalue weighted by atomic mass is 35.5. The van der Waals surface area contributed by atoms with Crippen molar-refractivity contribution in [2.45, 2.75) is 0 Å². The van der Waals surface area contributed by atoms with Crippen molar-refractivity contribution in [3.8, 4) is 0 Å². The summed E-state index contributed by atoms with van der Waals surface area (Å²) >= 11 is 0. The molecule has 0 aromatic rings. The predicted molar refractivity (Wildman–Crippen MR) is 40.6 cm³/mol. The fourth-order valence-corrected chi connectivity index (χ4v) is 0.933. The summed E-state index contributed by atoms with van der Waals surface area (Å²) in [5.41, 5.74) is 5.14. The lowest BCUT2D eigenvalue weighted by Gasteiger charge is -2.00. The Kier molecular flexibility index (Phi) is 6.17. The van der Waals surface area contributed by atoms with Gasteiger partial charge >= 0.3 is 0 Å². The van der Waals surface area contributed by atoms with Gasteiger partial charge in [0.15, 0.2) is 0 Å². The van der Waals surface area contributed by atoms with Gasteiger partial charge in [0.1, 0.15) is 0 Å². The van der Waals surface area contributed by atoms with Crippen LogP contribution >= 0.6 is 19.5 Å². The molecule has 0 aromatic carbocycles. The molecule has 0 aliphatic rings. The standard InChI is InChI=1S/C4H12NOP.ClH/c1-7(2,6)4-3-5;/h3-5H2,1-2H3;1H. The maximum atomic E-state index is 10.7. The molecule has 0 saturated heterocycles. The summed E-state index contributed by atoms with van der Waals surface area (Å²) in [7, 11) is -1.79. The number of nitrogens with two attached hydrogens (primary N) is 1. The first-order valence-electron chi connectivity index (χ1n) is 2.30. The van der Waals surface area contributed by atoms with E-state index in [9.17, 15) is 4.57 Å². The third-order valence-electron chi connectivity index (χ3n) is 0.668. The summed E-state index contributed by atoms with van der Waals surface area (Å²) in [6.45, 7) is 4.05. The molecule has 52 valence electrons. The van der Waals surface area contributed by atoms with E-state index >= 15 is 0 Å². The number of halogens is 1. The number of rotatable bonds is 2. The van der Waals surface area contributed by atoms with Crippen LogP contribution in [0.5, 0.6) is 0 Å². The summed E-state index contributed by atoms with van der Waals surface area (Å²) in [4.78, 5) is 0. The van der Waals surface area contributed by atoms with E-state index in [-0.39, 0.29) is 12.4 Å². The number of hydrogen-bond acceptors (Lipinski definition) is 2. The topological polar surface area (TPSA) is 43.1 Å². The van der Waals surface area contributed by atoms with Crippen LogP contribution < -0.4 is 5.73 Å². The van der Waals surface area contributed by atoms with Crippen LogP contribution in [0.15, 0.2) is 0 Å². The first-order chi connectivity index (χ1) is 3.06. The molecule has 0 fully saturated rings. The van der Waals surface area contributed by atoms with Crippen LogP contribution in [-0.4, -0.2) is 26.0 Å². The molecule has 2 N–H and O–H groups in total. The van der Waals surface area contributed by atoms with Gasteiger partial charge in [-0.3, -0.25) is 0 Å². The quantitative estimate of drug-likeness (QED) is 0.608. The van der Waals surface area contributed by atoms with E-state index < -0.39 is 7.14 Å². The van der Waals surface area contributed by atoms with Crippen molar-refractivity contribution < 1.29 is 4.57 Å². The molecule has 0 saturated carbocycles. The van der Waals surface area contributed by atoms with Gasteiger partial charge in [0.05, 0.1) is 7.14 Å². The molecular weight excluding hydrogens is 144 g/mol. The van der Waals surface area contributed by atoms with Crippen LogP contribution in [0.3, 0.4) is 0 Å². The Morgan fingerprint density at radius 3 is 1.88 bits per heavy atom. The first-order valence-corrected chi connectivity index (χ1v) is 5.09. The Morgan fingerprint density at radius 1 is 1.50 bits per heavy atom. The maximum Gasteiger partial charge on any atom is 0.0831 e. The van der Waals surface area contributed by atoms with Crippen molar-refractivity contribution in [1.29, 1.82) is 0 Å². The Hall–Kier alpha value is 0.480. The summed E-state index contributed by atoms with van der Waals surface area (Å²) in [5, 5.41) is 0. The molecule has 0 radical (unpaired) electrons. The van der Waals surface area contributed by atoms with E-state index in [0.717, 1.165) is 0 Å². The zero-order valence-corrected chi connectivity index (χ0v) is 6.97. The minimum Gasteiger partial charge on any atom is -0.330 e. The second-order valence-corrected chi connectivity index (χ2v) is 5.68. The van der Waals surface area contributed by atoms with Crippen LogP contribution in [0.25, 0.3) is 0 Å². The summed E-state index contributed by atoms with van der Waals surface area (Å²) in [6, 6.07) is 0. The first kappa shape index (κ1) is 11.3. The second kappa shape index (κ2) is 4.37. The molecule has 0 aliphatic carbocycles. The molecule has 0 aliphatic heterocycles. The molecule has 0 aromatic heterocycles. The molecule has 0 atom stereocenters. The Morgan fingerprint density at radius 2 is 1.88 bits per heavy atom. The van der Waals surface area contributed by atoms with Gasteiger partial charge in [0, 0.05) is 6.16 Å². The zero-order valence-electron chi connectivity index (χ0n) is 5.26. The summed E-state index contributed by atoms with van der Waals surface area (Å²) in [5.74, 6) is 0. The molecule has 2 nitrogen and oxygen atoms in total. The lowest BCUT2D eigenvalue weighted by molar-refractivity contribution is 0.582. The average molecular weight is 158 g/mol. The van der Waals surface area contributed by atoms with E-state index in [1.54, 1.807) is 13.3 Å². The highest BCUT2D eigenvalue weighted by Gasteiger charge is 2.02. The third-order valence-corrected chi connectivity index (χ3v) is 2.00. The molecule has 0 rings (SSSR count). The monoisotopic (exact) mass is 157 g/mol. The molecule has 0 unspecified atom stereocenters. The molecule has 0 bridgehead atoms. The molecule has 4 heteroatoms. The Labute approximate surface area is 56.6 Å². The summed E-state index contributed by atoms with van der Waals surface area (Å²) < 4.78 is 10.7. The lowest BCUT2D eigenvalue weighted by atomic mass is 10.8. The Balaban J connectivity index is 0. The fraction of sp³-hybridized carbons (Fsp3) is 1.00. The van der Waals surface area contributed by atoms with E-state index in [2.05, 4.69) is 0 Å². The average Bonchev–Trinajstić information content (AvgIpc) is 1.30. The van der Waals surface area contributed by atoms with Gasteiger partial charge in [0.25, 0.3) is 0 Å². The largest absolute Gasteiger partial charge is 0.330 e. The minimum absolute atomic E-state index is 0. The van der Waals surface area contributed by atoms with Crippen molar-refractivity contribution >= 4 is 19.5 Å². The van der Waals surface area contributed by atoms with Crippen LogP contribution in [0.4, 0.5) is 0 Å². The summed E-state index contributed by atoms with van der Waals surface area (Å²) in [6.07, 6.45) is 0.674. The minimum atomic E-state index is -1.79. The van der Waals surface area contributed by atoms with Crippen LogP contribution in [0.2, 0.25) is 0 Å². The Bertz CT molecular complexity index is 90.0. The molecular formula is C4H13ClNOP. The van der Waals surface area contributed by atoms with Gasteiger partial charge in [0.2, 0.25) is 0 Å². The predicted octanol–water partition coefficient (Wildman–Crippen LogP) is 0.990. The fourth-order valence-electron chi connectivity index (χ4n) is 0.311. The van der Waals surface area contributed by atoms with Gasteiger partial charge in [-0.15, -0.1) is 12.4 Å².